The number of hydrogen-bond acceptors (Lipinski definition) is 5. The SMILES string of the molecule is Cc1nn(C2CCCCO2)c2nc(-c3ccc(O)cc3)cc(C(=O)O)c12. The van der Waals surface area contributed by atoms with Gasteiger partial charge in [-0.1, -0.05) is 0 Å². The van der Waals surface area contributed by atoms with Gasteiger partial charge in [0.25, 0.3) is 0 Å². The molecule has 2 aromatic heterocycles. The Bertz CT molecular complexity index is 973. The molecule has 0 spiro atoms. The van der Waals surface area contributed by atoms with Crippen LogP contribution in [-0.4, -0.2) is 37.6 Å². The smallest absolute Gasteiger partial charge is 0.336 e. The Morgan fingerprint density at radius 1 is 1.27 bits per heavy atom. The third kappa shape index (κ3) is 2.80. The molecule has 1 fully saturated rings. The van der Waals surface area contributed by atoms with Crippen LogP contribution in [-0.2, 0) is 4.74 Å². The first-order valence-corrected chi connectivity index (χ1v) is 8.59. The highest BCUT2D eigenvalue weighted by atomic mass is 16.5. The van der Waals surface area contributed by atoms with Gasteiger partial charge in [-0.3, -0.25) is 0 Å². The van der Waals surface area contributed by atoms with Gasteiger partial charge in [-0.2, -0.15) is 5.10 Å². The zero-order valence-electron chi connectivity index (χ0n) is 14.3. The highest BCUT2D eigenvalue weighted by Crippen LogP contribution is 2.31. The molecule has 1 aliphatic heterocycles. The number of benzene rings is 1. The van der Waals surface area contributed by atoms with E-state index in [-0.39, 0.29) is 17.5 Å². The van der Waals surface area contributed by atoms with Gasteiger partial charge < -0.3 is 14.9 Å². The van der Waals surface area contributed by atoms with Gasteiger partial charge in [-0.15, -0.1) is 0 Å². The first-order chi connectivity index (χ1) is 12.5. The summed E-state index contributed by atoms with van der Waals surface area (Å²) < 4.78 is 7.54. The predicted molar refractivity (Wildman–Crippen MR) is 95.2 cm³/mol. The van der Waals surface area contributed by atoms with Crippen molar-refractivity contribution >= 4 is 17.0 Å². The summed E-state index contributed by atoms with van der Waals surface area (Å²) in [5, 5.41) is 24.3. The van der Waals surface area contributed by atoms with Crippen molar-refractivity contribution in [2.75, 3.05) is 6.61 Å². The number of aromatic nitrogens is 3. The van der Waals surface area contributed by atoms with Crippen LogP contribution in [0.15, 0.2) is 30.3 Å². The first-order valence-electron chi connectivity index (χ1n) is 8.59. The molecule has 7 heteroatoms. The van der Waals surface area contributed by atoms with E-state index in [1.54, 1.807) is 41.9 Å². The number of carboxylic acids is 1. The van der Waals surface area contributed by atoms with Crippen LogP contribution >= 0.6 is 0 Å². The second kappa shape index (κ2) is 6.42. The Balaban J connectivity index is 1.94. The van der Waals surface area contributed by atoms with E-state index in [1.165, 1.54) is 0 Å². The number of ether oxygens (including phenoxy) is 1. The molecule has 3 aromatic rings. The number of hydrogen-bond donors (Lipinski definition) is 2. The van der Waals surface area contributed by atoms with Gasteiger partial charge in [0.15, 0.2) is 11.9 Å². The van der Waals surface area contributed by atoms with Gasteiger partial charge >= 0.3 is 5.97 Å². The predicted octanol–water partition coefficient (Wildman–Crippen LogP) is 3.51. The number of rotatable bonds is 3. The lowest BCUT2D eigenvalue weighted by Crippen LogP contribution is -2.19. The van der Waals surface area contributed by atoms with E-state index in [2.05, 4.69) is 10.1 Å². The molecule has 2 N–H and O–H groups in total. The average molecular weight is 353 g/mol. The standard InChI is InChI=1S/C19H19N3O4/c1-11-17-14(19(24)25)10-15(12-5-7-13(23)8-6-12)20-18(17)22(21-11)16-4-2-3-9-26-16/h5-8,10,16,23H,2-4,9H2,1H3,(H,24,25). The van der Waals surface area contributed by atoms with E-state index in [0.29, 0.717) is 29.0 Å². The number of carboxylic acid groups (broad SMARTS) is 1. The third-order valence-electron chi connectivity index (χ3n) is 4.66. The van der Waals surface area contributed by atoms with Crippen LogP contribution in [0.4, 0.5) is 0 Å². The molecule has 0 amide bonds. The van der Waals surface area contributed by atoms with Gasteiger partial charge in [0.2, 0.25) is 0 Å². The lowest BCUT2D eigenvalue weighted by molar-refractivity contribution is -0.0371. The van der Waals surface area contributed by atoms with Crippen molar-refractivity contribution in [3.05, 3.63) is 41.6 Å². The lowest BCUT2D eigenvalue weighted by Gasteiger charge is -2.23. The number of phenolic OH excluding ortho intramolecular Hbond substituents is 1. The molecule has 7 nitrogen and oxygen atoms in total. The van der Waals surface area contributed by atoms with E-state index in [9.17, 15) is 15.0 Å². The van der Waals surface area contributed by atoms with Gasteiger partial charge in [0.1, 0.15) is 5.75 Å². The Kier molecular flexibility index (Phi) is 4.08. The van der Waals surface area contributed by atoms with Crippen molar-refractivity contribution in [2.24, 2.45) is 0 Å². The maximum atomic E-state index is 11.9. The lowest BCUT2D eigenvalue weighted by atomic mass is 10.1. The number of aromatic hydroxyl groups is 1. The monoisotopic (exact) mass is 353 g/mol. The largest absolute Gasteiger partial charge is 0.508 e. The number of nitrogens with zero attached hydrogens (tertiary/aromatic N) is 3. The van der Waals surface area contributed by atoms with Crippen LogP contribution in [0.3, 0.4) is 0 Å². The van der Waals surface area contributed by atoms with Gasteiger partial charge in [-0.05, 0) is 56.5 Å². The zero-order valence-corrected chi connectivity index (χ0v) is 14.3. The minimum atomic E-state index is -1.02. The minimum absolute atomic E-state index is 0.143. The van der Waals surface area contributed by atoms with Crippen LogP contribution in [0, 0.1) is 6.92 Å². The Morgan fingerprint density at radius 2 is 2.04 bits per heavy atom. The number of carbonyl (C=O) groups is 1. The molecule has 1 unspecified atom stereocenters. The van der Waals surface area contributed by atoms with E-state index in [4.69, 9.17) is 4.74 Å². The van der Waals surface area contributed by atoms with E-state index >= 15 is 0 Å². The van der Waals surface area contributed by atoms with Gasteiger partial charge in [0.05, 0.1) is 22.3 Å². The second-order valence-corrected chi connectivity index (χ2v) is 6.46. The highest BCUT2D eigenvalue weighted by Gasteiger charge is 2.25. The minimum Gasteiger partial charge on any atom is -0.508 e. The van der Waals surface area contributed by atoms with Crippen LogP contribution in [0.1, 0.15) is 41.5 Å². The second-order valence-electron chi connectivity index (χ2n) is 6.46. The van der Waals surface area contributed by atoms with Crippen molar-refractivity contribution in [3.8, 4) is 17.0 Å². The molecule has 3 heterocycles. The molecule has 134 valence electrons. The summed E-state index contributed by atoms with van der Waals surface area (Å²) in [5.74, 6) is -0.880. The third-order valence-corrected chi connectivity index (χ3v) is 4.66. The van der Waals surface area contributed by atoms with E-state index in [0.717, 1.165) is 24.8 Å². The number of pyridine rings is 1. The molecule has 4 rings (SSSR count). The number of aryl methyl sites for hydroxylation is 1. The van der Waals surface area contributed by atoms with Crippen molar-refractivity contribution in [2.45, 2.75) is 32.4 Å². The molecule has 26 heavy (non-hydrogen) atoms. The van der Waals surface area contributed by atoms with Crippen molar-refractivity contribution in [1.82, 2.24) is 14.8 Å². The summed E-state index contributed by atoms with van der Waals surface area (Å²) in [6, 6.07) is 8.07. The highest BCUT2D eigenvalue weighted by molar-refractivity contribution is 6.04. The molecule has 0 bridgehead atoms. The van der Waals surface area contributed by atoms with Crippen LogP contribution in [0.5, 0.6) is 5.75 Å². The summed E-state index contributed by atoms with van der Waals surface area (Å²) in [4.78, 5) is 16.5. The number of phenols is 1. The fourth-order valence-corrected chi connectivity index (χ4v) is 3.38. The quantitative estimate of drug-likeness (QED) is 0.748. The summed E-state index contributed by atoms with van der Waals surface area (Å²) in [5.41, 5.74) is 2.54. The van der Waals surface area contributed by atoms with Crippen LogP contribution in [0.25, 0.3) is 22.3 Å². The maximum Gasteiger partial charge on any atom is 0.336 e. The van der Waals surface area contributed by atoms with E-state index in [1.807, 2.05) is 0 Å². The summed E-state index contributed by atoms with van der Waals surface area (Å²) in [7, 11) is 0. The molecular weight excluding hydrogens is 334 g/mol. The maximum absolute atomic E-state index is 11.9. The summed E-state index contributed by atoms with van der Waals surface area (Å²) in [6.07, 6.45) is 2.64. The topological polar surface area (TPSA) is 97.5 Å². The molecule has 1 aliphatic rings. The fourth-order valence-electron chi connectivity index (χ4n) is 3.38. The average Bonchev–Trinajstić information content (AvgIpc) is 2.99. The van der Waals surface area contributed by atoms with E-state index < -0.39 is 5.97 Å². The molecule has 0 aliphatic carbocycles. The molecule has 1 saturated heterocycles. The number of fused-ring (bicyclic) bond motifs is 1. The molecule has 0 radical (unpaired) electrons. The number of aromatic carboxylic acids is 1. The van der Waals surface area contributed by atoms with Crippen molar-refractivity contribution in [3.63, 3.8) is 0 Å². The van der Waals surface area contributed by atoms with Crippen molar-refractivity contribution in [1.29, 1.82) is 0 Å². The fraction of sp³-hybridized carbons (Fsp3) is 0.316. The normalized spacial score (nSPS) is 17.5. The van der Waals surface area contributed by atoms with Gasteiger partial charge in [-0.25, -0.2) is 14.5 Å². The first kappa shape index (κ1) is 16.5. The Hall–Kier alpha value is -2.93. The van der Waals surface area contributed by atoms with Gasteiger partial charge in [0, 0.05) is 12.2 Å². The Labute approximate surface area is 149 Å². The van der Waals surface area contributed by atoms with Crippen LogP contribution in [0.2, 0.25) is 0 Å². The molecule has 1 atom stereocenters. The molecular formula is C19H19N3O4. The molecule has 1 aromatic carbocycles. The van der Waals surface area contributed by atoms with Crippen molar-refractivity contribution < 1.29 is 19.7 Å². The Morgan fingerprint density at radius 3 is 2.69 bits per heavy atom. The van der Waals surface area contributed by atoms with Crippen LogP contribution < -0.4 is 0 Å². The molecule has 0 saturated carbocycles. The summed E-state index contributed by atoms with van der Waals surface area (Å²) in [6.45, 7) is 2.45. The zero-order chi connectivity index (χ0) is 18.3. The summed E-state index contributed by atoms with van der Waals surface area (Å²) >= 11 is 0.